The minimum absolute atomic E-state index is 0.210. The highest BCUT2D eigenvalue weighted by Gasteiger charge is 2.02. The predicted molar refractivity (Wildman–Crippen MR) is 69.1 cm³/mol. The number of aromatic nitrogens is 1. The molecule has 0 radical (unpaired) electrons. The van der Waals surface area contributed by atoms with E-state index >= 15 is 0 Å². The number of hydrazone groups is 1. The number of carbonyl (C=O) groups is 1. The van der Waals surface area contributed by atoms with Crippen molar-refractivity contribution in [2.24, 2.45) is 5.10 Å². The van der Waals surface area contributed by atoms with E-state index in [2.05, 4.69) is 15.5 Å². The van der Waals surface area contributed by atoms with Crippen LogP contribution >= 0.6 is 0 Å². The SMILES string of the molecule is O=C(N/N=C/c1ccc(O)c(O)c1)c1ccncc1. The molecule has 3 N–H and O–H groups in total. The molecule has 0 saturated heterocycles. The summed E-state index contributed by atoms with van der Waals surface area (Å²) in [6, 6.07) is 7.35. The Morgan fingerprint density at radius 2 is 1.89 bits per heavy atom. The van der Waals surface area contributed by atoms with Gasteiger partial charge in [-0.2, -0.15) is 5.10 Å². The Bertz CT molecular complexity index is 612. The summed E-state index contributed by atoms with van der Waals surface area (Å²) in [5.74, 6) is -0.816. The van der Waals surface area contributed by atoms with Gasteiger partial charge in [-0.3, -0.25) is 9.78 Å². The van der Waals surface area contributed by atoms with Crippen molar-refractivity contribution < 1.29 is 15.0 Å². The number of phenols is 2. The predicted octanol–water partition coefficient (Wildman–Crippen LogP) is 1.26. The van der Waals surface area contributed by atoms with Gasteiger partial charge in [-0.1, -0.05) is 0 Å². The fourth-order valence-electron chi connectivity index (χ4n) is 1.35. The summed E-state index contributed by atoms with van der Waals surface area (Å²) < 4.78 is 0. The van der Waals surface area contributed by atoms with Gasteiger partial charge in [0, 0.05) is 18.0 Å². The van der Waals surface area contributed by atoms with Gasteiger partial charge in [0.15, 0.2) is 11.5 Å². The minimum Gasteiger partial charge on any atom is -0.504 e. The van der Waals surface area contributed by atoms with Crippen LogP contribution in [0.15, 0.2) is 47.8 Å². The van der Waals surface area contributed by atoms with E-state index < -0.39 is 0 Å². The van der Waals surface area contributed by atoms with E-state index in [4.69, 9.17) is 5.11 Å². The van der Waals surface area contributed by atoms with Crippen molar-refractivity contribution >= 4 is 12.1 Å². The maximum atomic E-state index is 11.6. The van der Waals surface area contributed by atoms with Crippen molar-refractivity contribution in [3.05, 3.63) is 53.9 Å². The summed E-state index contributed by atoms with van der Waals surface area (Å²) >= 11 is 0. The van der Waals surface area contributed by atoms with E-state index in [0.29, 0.717) is 11.1 Å². The molecule has 96 valence electrons. The quantitative estimate of drug-likeness (QED) is 0.438. The van der Waals surface area contributed by atoms with Crippen LogP contribution in [-0.2, 0) is 0 Å². The molecule has 1 heterocycles. The van der Waals surface area contributed by atoms with E-state index in [-0.39, 0.29) is 17.4 Å². The zero-order chi connectivity index (χ0) is 13.7. The van der Waals surface area contributed by atoms with Gasteiger partial charge >= 0.3 is 0 Å². The summed E-state index contributed by atoms with van der Waals surface area (Å²) in [5.41, 5.74) is 3.33. The lowest BCUT2D eigenvalue weighted by molar-refractivity contribution is 0.0955. The number of hydrogen-bond acceptors (Lipinski definition) is 5. The molecule has 0 bridgehead atoms. The van der Waals surface area contributed by atoms with E-state index in [1.54, 1.807) is 18.2 Å². The number of hydrogen-bond donors (Lipinski definition) is 3. The van der Waals surface area contributed by atoms with Gasteiger partial charge in [0.1, 0.15) is 0 Å². The molecule has 2 rings (SSSR count). The number of benzene rings is 1. The average Bonchev–Trinajstić information content (AvgIpc) is 2.43. The zero-order valence-electron chi connectivity index (χ0n) is 9.82. The number of nitrogens with zero attached hydrogens (tertiary/aromatic N) is 2. The molecule has 0 saturated carbocycles. The number of amides is 1. The van der Waals surface area contributed by atoms with Crippen molar-refractivity contribution in [3.8, 4) is 11.5 Å². The fraction of sp³-hybridized carbons (Fsp3) is 0. The van der Waals surface area contributed by atoms with Crippen LogP contribution < -0.4 is 5.43 Å². The molecule has 0 unspecified atom stereocenters. The second-order valence-corrected chi connectivity index (χ2v) is 3.68. The number of pyridine rings is 1. The van der Waals surface area contributed by atoms with Crippen LogP contribution in [0.5, 0.6) is 11.5 Å². The Hall–Kier alpha value is -2.89. The maximum Gasteiger partial charge on any atom is 0.271 e. The summed E-state index contributed by atoms with van der Waals surface area (Å²) in [4.78, 5) is 15.4. The molecule has 1 aromatic carbocycles. The molecule has 0 aliphatic heterocycles. The first-order chi connectivity index (χ1) is 9.16. The van der Waals surface area contributed by atoms with Gasteiger partial charge < -0.3 is 10.2 Å². The van der Waals surface area contributed by atoms with Gasteiger partial charge in [-0.15, -0.1) is 0 Å². The maximum absolute atomic E-state index is 11.6. The summed E-state index contributed by atoms with van der Waals surface area (Å²) in [7, 11) is 0. The molecule has 0 spiro atoms. The van der Waals surface area contributed by atoms with Gasteiger partial charge in [-0.25, -0.2) is 5.43 Å². The standard InChI is InChI=1S/C13H11N3O3/c17-11-2-1-9(7-12(11)18)8-15-16-13(19)10-3-5-14-6-4-10/h1-8,17-18H,(H,16,19)/b15-8+. The third-order valence-corrected chi connectivity index (χ3v) is 2.32. The van der Waals surface area contributed by atoms with E-state index in [1.165, 1.54) is 30.7 Å². The number of rotatable bonds is 3. The molecule has 0 aliphatic carbocycles. The molecular formula is C13H11N3O3. The zero-order valence-corrected chi connectivity index (χ0v) is 9.82. The number of aromatic hydroxyl groups is 2. The van der Waals surface area contributed by atoms with E-state index in [1.807, 2.05) is 0 Å². The summed E-state index contributed by atoms with van der Waals surface area (Å²) in [5, 5.41) is 22.2. The monoisotopic (exact) mass is 257 g/mol. The third-order valence-electron chi connectivity index (χ3n) is 2.32. The molecule has 6 nitrogen and oxygen atoms in total. The second-order valence-electron chi connectivity index (χ2n) is 3.68. The Labute approximate surface area is 109 Å². The molecule has 19 heavy (non-hydrogen) atoms. The summed E-state index contributed by atoms with van der Waals surface area (Å²) in [6.45, 7) is 0. The lowest BCUT2D eigenvalue weighted by atomic mass is 10.2. The molecule has 0 fully saturated rings. The largest absolute Gasteiger partial charge is 0.504 e. The second kappa shape index (κ2) is 5.63. The molecule has 0 aliphatic rings. The van der Waals surface area contributed by atoms with Gasteiger partial charge in [0.2, 0.25) is 0 Å². The van der Waals surface area contributed by atoms with Crippen molar-refractivity contribution in [2.75, 3.05) is 0 Å². The third kappa shape index (κ3) is 3.29. The topological polar surface area (TPSA) is 94.8 Å². The Morgan fingerprint density at radius 1 is 1.16 bits per heavy atom. The van der Waals surface area contributed by atoms with Crippen molar-refractivity contribution in [2.45, 2.75) is 0 Å². The van der Waals surface area contributed by atoms with Crippen LogP contribution in [0.2, 0.25) is 0 Å². The van der Waals surface area contributed by atoms with Crippen LogP contribution in [0, 0.1) is 0 Å². The van der Waals surface area contributed by atoms with E-state index in [9.17, 15) is 9.90 Å². The van der Waals surface area contributed by atoms with Crippen molar-refractivity contribution in [1.82, 2.24) is 10.4 Å². The number of nitrogens with one attached hydrogen (secondary N) is 1. The summed E-state index contributed by atoms with van der Waals surface area (Å²) in [6.07, 6.45) is 4.38. The number of phenolic OH excluding ortho intramolecular Hbond substituents is 2. The van der Waals surface area contributed by atoms with Crippen LogP contribution in [0.4, 0.5) is 0 Å². The molecule has 1 amide bonds. The highest BCUT2D eigenvalue weighted by Crippen LogP contribution is 2.23. The molecule has 1 aromatic heterocycles. The normalized spacial score (nSPS) is 10.5. The van der Waals surface area contributed by atoms with Crippen molar-refractivity contribution in [3.63, 3.8) is 0 Å². The van der Waals surface area contributed by atoms with Crippen LogP contribution in [0.1, 0.15) is 15.9 Å². The van der Waals surface area contributed by atoms with Gasteiger partial charge in [0.25, 0.3) is 5.91 Å². The molecule has 2 aromatic rings. The highest BCUT2D eigenvalue weighted by molar-refractivity contribution is 5.94. The van der Waals surface area contributed by atoms with E-state index in [0.717, 1.165) is 0 Å². The molecule has 0 atom stereocenters. The average molecular weight is 257 g/mol. The van der Waals surface area contributed by atoms with Crippen LogP contribution in [-0.4, -0.2) is 27.3 Å². The number of carbonyl (C=O) groups excluding carboxylic acids is 1. The van der Waals surface area contributed by atoms with Gasteiger partial charge in [0.05, 0.1) is 6.21 Å². The lowest BCUT2D eigenvalue weighted by Gasteiger charge is -2.00. The Kier molecular flexibility index (Phi) is 3.72. The fourth-order valence-corrected chi connectivity index (χ4v) is 1.35. The first-order valence-electron chi connectivity index (χ1n) is 5.42. The molecular weight excluding hydrogens is 246 g/mol. The van der Waals surface area contributed by atoms with Crippen molar-refractivity contribution in [1.29, 1.82) is 0 Å². The Balaban J connectivity index is 2.00. The lowest BCUT2D eigenvalue weighted by Crippen LogP contribution is -2.17. The molecule has 6 heteroatoms. The first kappa shape index (κ1) is 12.6. The van der Waals surface area contributed by atoms with Gasteiger partial charge in [-0.05, 0) is 35.9 Å². The van der Waals surface area contributed by atoms with Crippen LogP contribution in [0.3, 0.4) is 0 Å². The van der Waals surface area contributed by atoms with Crippen LogP contribution in [0.25, 0.3) is 0 Å². The smallest absolute Gasteiger partial charge is 0.271 e. The Morgan fingerprint density at radius 3 is 2.58 bits per heavy atom. The minimum atomic E-state index is -0.360. The first-order valence-corrected chi connectivity index (χ1v) is 5.42. The highest BCUT2D eigenvalue weighted by atomic mass is 16.3.